The first-order chi connectivity index (χ1) is 8.89. The molecule has 0 aromatic rings. The molecule has 1 saturated carbocycles. The number of likely N-dealkylation sites (tertiary alicyclic amines) is 1. The minimum Gasteiger partial charge on any atom is -0.480 e. The largest absolute Gasteiger partial charge is 0.480 e. The number of carboxylic acid groups (broad SMARTS) is 1. The van der Waals surface area contributed by atoms with Gasteiger partial charge in [-0.1, -0.05) is 13.8 Å². The molecule has 0 aromatic carbocycles. The summed E-state index contributed by atoms with van der Waals surface area (Å²) in [4.78, 5) is 24.9. The molecular weight excluding hydrogens is 242 g/mol. The fraction of sp³-hybridized carbons (Fsp3) is 0.867. The van der Waals surface area contributed by atoms with Crippen molar-refractivity contribution in [3.8, 4) is 0 Å². The molecule has 1 N–H and O–H groups in total. The Morgan fingerprint density at radius 2 is 1.84 bits per heavy atom. The molecule has 4 nitrogen and oxygen atoms in total. The molecule has 1 aliphatic heterocycles. The lowest BCUT2D eigenvalue weighted by molar-refractivity contribution is -0.148. The zero-order valence-electron chi connectivity index (χ0n) is 12.0. The Balaban J connectivity index is 1.86. The first-order valence-electron chi connectivity index (χ1n) is 7.41. The predicted molar refractivity (Wildman–Crippen MR) is 72.7 cm³/mol. The molecule has 1 aliphatic carbocycles. The number of hydrogen-bond acceptors (Lipinski definition) is 2. The molecule has 2 aliphatic rings. The molecule has 1 saturated heterocycles. The Hall–Kier alpha value is -1.06. The molecule has 1 amide bonds. The third-order valence-corrected chi connectivity index (χ3v) is 4.78. The summed E-state index contributed by atoms with van der Waals surface area (Å²) >= 11 is 0. The normalized spacial score (nSPS) is 27.5. The zero-order chi connectivity index (χ0) is 14.0. The van der Waals surface area contributed by atoms with Gasteiger partial charge in [0.2, 0.25) is 5.91 Å². The number of aliphatic carboxylic acids is 1. The van der Waals surface area contributed by atoms with Crippen LogP contribution in [-0.2, 0) is 9.59 Å². The quantitative estimate of drug-likeness (QED) is 0.855. The molecule has 4 heteroatoms. The molecule has 0 aromatic heterocycles. The van der Waals surface area contributed by atoms with Gasteiger partial charge in [-0.25, -0.2) is 4.79 Å². The van der Waals surface area contributed by atoms with Gasteiger partial charge < -0.3 is 10.0 Å². The van der Waals surface area contributed by atoms with Crippen molar-refractivity contribution >= 4 is 11.9 Å². The summed E-state index contributed by atoms with van der Waals surface area (Å²) < 4.78 is 0. The van der Waals surface area contributed by atoms with Gasteiger partial charge in [-0.15, -0.1) is 0 Å². The van der Waals surface area contributed by atoms with E-state index in [9.17, 15) is 9.59 Å². The molecule has 2 rings (SSSR count). The number of carbonyl (C=O) groups excluding carboxylic acids is 1. The maximum Gasteiger partial charge on any atom is 0.326 e. The van der Waals surface area contributed by atoms with Crippen LogP contribution in [0.4, 0.5) is 0 Å². The van der Waals surface area contributed by atoms with E-state index in [1.165, 1.54) is 12.8 Å². The Kier molecular flexibility index (Phi) is 4.16. The molecule has 0 spiro atoms. The molecule has 1 heterocycles. The Morgan fingerprint density at radius 3 is 2.42 bits per heavy atom. The molecule has 2 fully saturated rings. The van der Waals surface area contributed by atoms with E-state index in [0.717, 1.165) is 19.3 Å². The summed E-state index contributed by atoms with van der Waals surface area (Å²) in [5.74, 6) is -0.346. The van der Waals surface area contributed by atoms with Crippen LogP contribution in [0.3, 0.4) is 0 Å². The standard InChI is InChI=1S/C15H25NO3/c1-15(2)7-5-11(6-8-15)10-13(17)16-9-3-4-12(16)14(18)19/h11-12H,3-10H2,1-2H3,(H,18,19)/t12-/m1/s1. The lowest BCUT2D eigenvalue weighted by Crippen LogP contribution is -2.41. The number of carboxylic acids is 1. The Labute approximate surface area is 115 Å². The summed E-state index contributed by atoms with van der Waals surface area (Å²) in [6, 6.07) is -0.576. The minimum absolute atomic E-state index is 0.0506. The van der Waals surface area contributed by atoms with Crippen LogP contribution in [0, 0.1) is 11.3 Å². The smallest absolute Gasteiger partial charge is 0.326 e. The monoisotopic (exact) mass is 267 g/mol. The second-order valence-electron chi connectivity index (χ2n) is 6.90. The van der Waals surface area contributed by atoms with E-state index in [2.05, 4.69) is 13.8 Å². The molecule has 0 unspecified atom stereocenters. The maximum absolute atomic E-state index is 12.3. The van der Waals surface area contributed by atoms with Crippen molar-refractivity contribution < 1.29 is 14.7 Å². The van der Waals surface area contributed by atoms with Crippen LogP contribution in [0.1, 0.15) is 58.8 Å². The summed E-state index contributed by atoms with van der Waals surface area (Å²) in [7, 11) is 0. The molecule has 0 radical (unpaired) electrons. The Morgan fingerprint density at radius 1 is 1.21 bits per heavy atom. The topological polar surface area (TPSA) is 57.6 Å². The average molecular weight is 267 g/mol. The highest BCUT2D eigenvalue weighted by molar-refractivity contribution is 5.84. The van der Waals surface area contributed by atoms with E-state index < -0.39 is 12.0 Å². The molecule has 0 bridgehead atoms. The number of carbonyl (C=O) groups is 2. The van der Waals surface area contributed by atoms with Gasteiger partial charge in [0, 0.05) is 13.0 Å². The van der Waals surface area contributed by atoms with Gasteiger partial charge in [0.25, 0.3) is 0 Å². The summed E-state index contributed by atoms with van der Waals surface area (Å²) in [5.41, 5.74) is 0.413. The van der Waals surface area contributed by atoms with Gasteiger partial charge >= 0.3 is 5.97 Å². The average Bonchev–Trinajstić information content (AvgIpc) is 2.81. The van der Waals surface area contributed by atoms with E-state index in [-0.39, 0.29) is 5.91 Å². The van der Waals surface area contributed by atoms with E-state index in [1.54, 1.807) is 4.90 Å². The highest BCUT2D eigenvalue weighted by Gasteiger charge is 2.35. The molecule has 108 valence electrons. The van der Waals surface area contributed by atoms with Crippen molar-refractivity contribution in [2.75, 3.05) is 6.54 Å². The third kappa shape index (κ3) is 3.48. The first-order valence-corrected chi connectivity index (χ1v) is 7.41. The Bertz CT molecular complexity index is 354. The highest BCUT2D eigenvalue weighted by atomic mass is 16.4. The van der Waals surface area contributed by atoms with Crippen molar-refractivity contribution in [3.63, 3.8) is 0 Å². The number of rotatable bonds is 3. The van der Waals surface area contributed by atoms with E-state index >= 15 is 0 Å². The van der Waals surface area contributed by atoms with Crippen molar-refractivity contribution in [2.24, 2.45) is 11.3 Å². The fourth-order valence-corrected chi connectivity index (χ4v) is 3.35. The molecular formula is C15H25NO3. The third-order valence-electron chi connectivity index (χ3n) is 4.78. The van der Waals surface area contributed by atoms with Crippen LogP contribution in [0.5, 0.6) is 0 Å². The summed E-state index contributed by atoms with van der Waals surface area (Å²) in [5, 5.41) is 9.11. The fourth-order valence-electron chi connectivity index (χ4n) is 3.35. The van der Waals surface area contributed by atoms with Gasteiger partial charge in [-0.3, -0.25) is 4.79 Å². The maximum atomic E-state index is 12.3. The summed E-state index contributed by atoms with van der Waals surface area (Å²) in [6.07, 6.45) is 6.52. The molecule has 19 heavy (non-hydrogen) atoms. The SMILES string of the molecule is CC1(C)CCC(CC(=O)N2CCC[C@@H]2C(=O)O)CC1. The van der Waals surface area contributed by atoms with E-state index in [4.69, 9.17) is 5.11 Å². The van der Waals surface area contributed by atoms with E-state index in [0.29, 0.717) is 30.7 Å². The van der Waals surface area contributed by atoms with Crippen molar-refractivity contribution in [1.82, 2.24) is 4.90 Å². The van der Waals surface area contributed by atoms with Crippen LogP contribution < -0.4 is 0 Å². The van der Waals surface area contributed by atoms with Crippen molar-refractivity contribution in [2.45, 2.75) is 64.8 Å². The predicted octanol–water partition coefficient (Wildman–Crippen LogP) is 2.67. The number of amides is 1. The van der Waals surface area contributed by atoms with Crippen LogP contribution in [0.25, 0.3) is 0 Å². The van der Waals surface area contributed by atoms with Gasteiger partial charge in [-0.05, 0) is 49.9 Å². The minimum atomic E-state index is -0.851. The van der Waals surface area contributed by atoms with Gasteiger partial charge in [0.1, 0.15) is 6.04 Å². The van der Waals surface area contributed by atoms with Crippen LogP contribution >= 0.6 is 0 Å². The second kappa shape index (κ2) is 5.51. The van der Waals surface area contributed by atoms with Gasteiger partial charge in [0.15, 0.2) is 0 Å². The van der Waals surface area contributed by atoms with Crippen LogP contribution in [0.15, 0.2) is 0 Å². The van der Waals surface area contributed by atoms with Crippen LogP contribution in [0.2, 0.25) is 0 Å². The van der Waals surface area contributed by atoms with Crippen molar-refractivity contribution in [1.29, 1.82) is 0 Å². The van der Waals surface area contributed by atoms with Crippen molar-refractivity contribution in [3.05, 3.63) is 0 Å². The first kappa shape index (κ1) is 14.4. The van der Waals surface area contributed by atoms with Gasteiger partial charge in [-0.2, -0.15) is 0 Å². The second-order valence-corrected chi connectivity index (χ2v) is 6.90. The number of hydrogen-bond donors (Lipinski definition) is 1. The lowest BCUT2D eigenvalue weighted by Gasteiger charge is -2.34. The van der Waals surface area contributed by atoms with E-state index in [1.807, 2.05) is 0 Å². The summed E-state index contributed by atoms with van der Waals surface area (Å²) in [6.45, 7) is 5.19. The number of nitrogens with zero attached hydrogens (tertiary/aromatic N) is 1. The molecule has 1 atom stereocenters. The van der Waals surface area contributed by atoms with Crippen LogP contribution in [-0.4, -0.2) is 34.5 Å². The highest BCUT2D eigenvalue weighted by Crippen LogP contribution is 2.39. The lowest BCUT2D eigenvalue weighted by atomic mass is 9.72. The zero-order valence-corrected chi connectivity index (χ0v) is 12.0. The van der Waals surface area contributed by atoms with Gasteiger partial charge in [0.05, 0.1) is 0 Å².